The molecule has 2 aromatic rings. The lowest BCUT2D eigenvalue weighted by Crippen LogP contribution is -2.45. The molecule has 142 valence electrons. The minimum absolute atomic E-state index is 0.0631. The number of hydrogen-bond acceptors (Lipinski definition) is 4. The molecular weight excluding hydrogens is 344 g/mol. The highest BCUT2D eigenvalue weighted by Crippen LogP contribution is 2.30. The fourth-order valence-electron chi connectivity index (χ4n) is 2.84. The van der Waals surface area contributed by atoms with Gasteiger partial charge in [0.15, 0.2) is 17.6 Å². The average Bonchev–Trinajstić information content (AvgIpc) is 2.67. The summed E-state index contributed by atoms with van der Waals surface area (Å²) in [4.78, 5) is 26.1. The summed E-state index contributed by atoms with van der Waals surface area (Å²) >= 11 is 0. The van der Waals surface area contributed by atoms with Crippen molar-refractivity contribution in [2.75, 3.05) is 26.7 Å². The van der Waals surface area contributed by atoms with Crippen LogP contribution in [0.1, 0.15) is 21.5 Å². The van der Waals surface area contributed by atoms with E-state index in [4.69, 9.17) is 9.47 Å². The van der Waals surface area contributed by atoms with Crippen molar-refractivity contribution in [3.8, 4) is 11.5 Å². The number of carbonyl (C=O) groups is 2. The van der Waals surface area contributed by atoms with Crippen LogP contribution in [0.5, 0.6) is 11.5 Å². The Kier molecular flexibility index (Phi) is 5.64. The monoisotopic (exact) mass is 368 g/mol. The average molecular weight is 368 g/mol. The number of likely N-dealkylation sites (N-methyl/N-ethyl adjacent to an activating group) is 1. The predicted octanol–water partition coefficient (Wildman–Crippen LogP) is 2.33. The van der Waals surface area contributed by atoms with E-state index in [2.05, 4.69) is 5.32 Å². The molecule has 0 aliphatic carbocycles. The van der Waals surface area contributed by atoms with E-state index in [-0.39, 0.29) is 24.5 Å². The van der Waals surface area contributed by atoms with E-state index in [0.29, 0.717) is 30.2 Å². The number of rotatable bonds is 5. The number of nitrogens with zero attached hydrogens (tertiary/aromatic N) is 1. The zero-order valence-electron chi connectivity index (χ0n) is 15.8. The van der Waals surface area contributed by atoms with Gasteiger partial charge in [0.1, 0.15) is 6.61 Å². The van der Waals surface area contributed by atoms with Gasteiger partial charge in [-0.3, -0.25) is 9.59 Å². The van der Waals surface area contributed by atoms with E-state index in [0.717, 1.165) is 11.1 Å². The van der Waals surface area contributed by atoms with Crippen LogP contribution < -0.4 is 14.8 Å². The summed E-state index contributed by atoms with van der Waals surface area (Å²) in [5.41, 5.74) is 2.72. The Bertz CT molecular complexity index is 850. The first kappa shape index (κ1) is 18.8. The van der Waals surface area contributed by atoms with Crippen molar-refractivity contribution in [2.45, 2.75) is 20.0 Å². The van der Waals surface area contributed by atoms with Crippen molar-refractivity contribution in [1.82, 2.24) is 10.2 Å². The van der Waals surface area contributed by atoms with E-state index in [1.54, 1.807) is 18.0 Å². The molecule has 0 unspecified atom stereocenters. The van der Waals surface area contributed by atoms with Crippen molar-refractivity contribution < 1.29 is 19.1 Å². The molecule has 1 atom stereocenters. The Morgan fingerprint density at radius 3 is 2.59 bits per heavy atom. The van der Waals surface area contributed by atoms with Gasteiger partial charge >= 0.3 is 0 Å². The fraction of sp³-hybridized carbons (Fsp3) is 0.333. The highest BCUT2D eigenvalue weighted by molar-refractivity contribution is 5.96. The van der Waals surface area contributed by atoms with E-state index >= 15 is 0 Å². The topological polar surface area (TPSA) is 67.9 Å². The summed E-state index contributed by atoms with van der Waals surface area (Å²) < 4.78 is 11.5. The first-order chi connectivity index (χ1) is 12.9. The van der Waals surface area contributed by atoms with Gasteiger partial charge in [-0.25, -0.2) is 0 Å². The minimum atomic E-state index is -0.258. The van der Waals surface area contributed by atoms with E-state index < -0.39 is 0 Å². The molecule has 27 heavy (non-hydrogen) atoms. The minimum Gasteiger partial charge on any atom is -0.486 e. The van der Waals surface area contributed by atoms with Crippen LogP contribution in [0.25, 0.3) is 0 Å². The summed E-state index contributed by atoms with van der Waals surface area (Å²) in [5.74, 6) is 0.946. The highest BCUT2D eigenvalue weighted by atomic mass is 16.6. The first-order valence-corrected chi connectivity index (χ1v) is 8.92. The van der Waals surface area contributed by atoms with Crippen LogP contribution in [0, 0.1) is 13.8 Å². The molecule has 3 rings (SSSR count). The van der Waals surface area contributed by atoms with Crippen LogP contribution in [0.3, 0.4) is 0 Å². The number of para-hydroxylation sites is 2. The zero-order chi connectivity index (χ0) is 19.4. The maximum Gasteiger partial charge on any atom is 0.251 e. The lowest BCUT2D eigenvalue weighted by molar-refractivity contribution is -0.130. The molecule has 0 fully saturated rings. The standard InChI is InChI=1S/C21H24N2O4/c1-14-8-9-16(10-15(14)2)21(25)22-11-20(24)23(3)12-17-13-26-18-6-4-5-7-19(18)27-17/h4-10,17H,11-13H2,1-3H3,(H,22,25)/t17-/m0/s1. The number of carbonyl (C=O) groups excluding carboxylic acids is 2. The van der Waals surface area contributed by atoms with Gasteiger partial charge in [0.25, 0.3) is 5.91 Å². The lowest BCUT2D eigenvalue weighted by Gasteiger charge is -2.29. The van der Waals surface area contributed by atoms with Crippen molar-refractivity contribution in [3.63, 3.8) is 0 Å². The number of fused-ring (bicyclic) bond motifs is 1. The second kappa shape index (κ2) is 8.12. The molecule has 0 bridgehead atoms. The van der Waals surface area contributed by atoms with Crippen molar-refractivity contribution >= 4 is 11.8 Å². The summed E-state index contributed by atoms with van der Waals surface area (Å²) in [6.45, 7) is 4.64. The maximum absolute atomic E-state index is 12.3. The number of ether oxygens (including phenoxy) is 2. The summed E-state index contributed by atoms with van der Waals surface area (Å²) in [5, 5.41) is 2.68. The number of amides is 2. The molecule has 2 amide bonds. The van der Waals surface area contributed by atoms with Gasteiger partial charge in [0.2, 0.25) is 5.91 Å². The molecule has 1 heterocycles. The van der Waals surface area contributed by atoms with Gasteiger partial charge in [-0.1, -0.05) is 18.2 Å². The van der Waals surface area contributed by atoms with Crippen LogP contribution in [0.15, 0.2) is 42.5 Å². The van der Waals surface area contributed by atoms with Gasteiger partial charge in [0, 0.05) is 12.6 Å². The Morgan fingerprint density at radius 1 is 1.11 bits per heavy atom. The Hall–Kier alpha value is -3.02. The van der Waals surface area contributed by atoms with Gasteiger partial charge in [-0.2, -0.15) is 0 Å². The third-order valence-corrected chi connectivity index (χ3v) is 4.64. The number of nitrogens with one attached hydrogen (secondary N) is 1. The maximum atomic E-state index is 12.3. The van der Waals surface area contributed by atoms with Gasteiger partial charge in [0.05, 0.1) is 13.1 Å². The molecule has 6 heteroatoms. The second-order valence-corrected chi connectivity index (χ2v) is 6.75. The predicted molar refractivity (Wildman–Crippen MR) is 102 cm³/mol. The van der Waals surface area contributed by atoms with Crippen molar-refractivity contribution in [3.05, 3.63) is 59.2 Å². The number of benzene rings is 2. The third-order valence-electron chi connectivity index (χ3n) is 4.64. The normalized spacial score (nSPS) is 15.1. The first-order valence-electron chi connectivity index (χ1n) is 8.92. The lowest BCUT2D eigenvalue weighted by atomic mass is 10.1. The Morgan fingerprint density at radius 2 is 1.85 bits per heavy atom. The van der Waals surface area contributed by atoms with Crippen molar-refractivity contribution in [1.29, 1.82) is 0 Å². The third kappa shape index (κ3) is 4.58. The van der Waals surface area contributed by atoms with E-state index in [9.17, 15) is 9.59 Å². The summed E-state index contributed by atoms with van der Waals surface area (Å²) in [6.07, 6.45) is -0.246. The fourth-order valence-corrected chi connectivity index (χ4v) is 2.84. The molecule has 1 N–H and O–H groups in total. The zero-order valence-corrected chi connectivity index (χ0v) is 15.8. The van der Waals surface area contributed by atoms with Crippen LogP contribution >= 0.6 is 0 Å². The van der Waals surface area contributed by atoms with E-state index in [1.165, 1.54) is 0 Å². The van der Waals surface area contributed by atoms with Gasteiger partial charge in [-0.05, 0) is 49.2 Å². The van der Waals surface area contributed by atoms with Crippen LogP contribution in [-0.2, 0) is 4.79 Å². The SMILES string of the molecule is Cc1ccc(C(=O)NCC(=O)N(C)C[C@H]2COc3ccccc3O2)cc1C. The molecule has 0 radical (unpaired) electrons. The molecule has 0 aromatic heterocycles. The molecule has 1 aliphatic rings. The molecule has 6 nitrogen and oxygen atoms in total. The smallest absolute Gasteiger partial charge is 0.251 e. The Balaban J connectivity index is 1.49. The van der Waals surface area contributed by atoms with Gasteiger partial charge < -0.3 is 19.7 Å². The van der Waals surface area contributed by atoms with Gasteiger partial charge in [-0.15, -0.1) is 0 Å². The quantitative estimate of drug-likeness (QED) is 0.880. The molecule has 0 saturated heterocycles. The Labute approximate surface area is 159 Å². The number of aryl methyl sites for hydroxylation is 2. The van der Waals surface area contributed by atoms with Crippen molar-refractivity contribution in [2.24, 2.45) is 0 Å². The molecule has 0 spiro atoms. The second-order valence-electron chi connectivity index (χ2n) is 6.75. The highest BCUT2D eigenvalue weighted by Gasteiger charge is 2.23. The number of hydrogen-bond donors (Lipinski definition) is 1. The van der Waals surface area contributed by atoms with Crippen LogP contribution in [0.2, 0.25) is 0 Å². The summed E-state index contributed by atoms with van der Waals surface area (Å²) in [7, 11) is 1.69. The van der Waals surface area contributed by atoms with Crippen LogP contribution in [0.4, 0.5) is 0 Å². The van der Waals surface area contributed by atoms with E-state index in [1.807, 2.05) is 50.2 Å². The molecule has 2 aromatic carbocycles. The largest absolute Gasteiger partial charge is 0.486 e. The molecule has 1 aliphatic heterocycles. The molecule has 0 saturated carbocycles. The summed E-state index contributed by atoms with van der Waals surface area (Å²) in [6, 6.07) is 12.9. The molecular formula is C21H24N2O4. The van der Waals surface area contributed by atoms with Crippen LogP contribution in [-0.4, -0.2) is 49.6 Å².